The van der Waals surface area contributed by atoms with Crippen LogP contribution >= 0.6 is 0 Å². The Morgan fingerprint density at radius 2 is 1.76 bits per heavy atom. The molecular formula is C20H19NO4. The normalized spacial score (nSPS) is 22.0. The zero-order chi connectivity index (χ0) is 17.4. The highest BCUT2D eigenvalue weighted by atomic mass is 16.5. The standard InChI is InChI=1S/C20H19NO4/c22-18(15-5-7-16(8-6-15)19(23)24)21-11-12-25-20(13-21)10-9-14-3-1-2-4-17(14)20/h1-8H,9-13H2,(H,23,24)/t20-/m1/s1. The summed E-state index contributed by atoms with van der Waals surface area (Å²) >= 11 is 0. The first-order chi connectivity index (χ1) is 12.1. The number of carbonyl (C=O) groups is 2. The van der Waals surface area contributed by atoms with Gasteiger partial charge >= 0.3 is 5.97 Å². The average Bonchev–Trinajstić information content (AvgIpc) is 2.99. The molecule has 1 atom stereocenters. The van der Waals surface area contributed by atoms with Gasteiger partial charge in [0.15, 0.2) is 0 Å². The first-order valence-electron chi connectivity index (χ1n) is 8.44. The van der Waals surface area contributed by atoms with Crippen molar-refractivity contribution < 1.29 is 19.4 Å². The van der Waals surface area contributed by atoms with Crippen molar-refractivity contribution >= 4 is 11.9 Å². The topological polar surface area (TPSA) is 66.8 Å². The summed E-state index contributed by atoms with van der Waals surface area (Å²) in [5.74, 6) is -1.07. The van der Waals surface area contributed by atoms with E-state index < -0.39 is 11.6 Å². The largest absolute Gasteiger partial charge is 0.478 e. The minimum absolute atomic E-state index is 0.0796. The van der Waals surface area contributed by atoms with Crippen molar-refractivity contribution in [2.24, 2.45) is 0 Å². The van der Waals surface area contributed by atoms with Crippen molar-refractivity contribution in [1.29, 1.82) is 0 Å². The Hall–Kier alpha value is -2.66. The molecule has 0 aromatic heterocycles. The van der Waals surface area contributed by atoms with E-state index in [0.29, 0.717) is 25.3 Å². The highest BCUT2D eigenvalue weighted by Crippen LogP contribution is 2.42. The molecule has 1 saturated heterocycles. The number of aromatic carboxylic acids is 1. The van der Waals surface area contributed by atoms with Crippen molar-refractivity contribution in [2.75, 3.05) is 19.7 Å². The minimum Gasteiger partial charge on any atom is -0.478 e. The number of morpholine rings is 1. The van der Waals surface area contributed by atoms with Crippen LogP contribution in [-0.2, 0) is 16.8 Å². The average molecular weight is 337 g/mol. The number of hydrogen-bond acceptors (Lipinski definition) is 3. The Balaban J connectivity index is 1.57. The molecule has 0 unspecified atom stereocenters. The number of carboxylic acids is 1. The summed E-state index contributed by atoms with van der Waals surface area (Å²) in [7, 11) is 0. The van der Waals surface area contributed by atoms with Crippen LogP contribution < -0.4 is 0 Å². The number of hydrogen-bond donors (Lipinski definition) is 1. The summed E-state index contributed by atoms with van der Waals surface area (Å²) in [6, 6.07) is 14.4. The molecule has 5 nitrogen and oxygen atoms in total. The summed E-state index contributed by atoms with van der Waals surface area (Å²) < 4.78 is 6.15. The summed E-state index contributed by atoms with van der Waals surface area (Å²) in [6.07, 6.45) is 1.85. The van der Waals surface area contributed by atoms with Crippen LogP contribution in [0.15, 0.2) is 48.5 Å². The molecule has 0 saturated carbocycles. The second-order valence-electron chi connectivity index (χ2n) is 6.61. The number of benzene rings is 2. The van der Waals surface area contributed by atoms with E-state index in [1.807, 2.05) is 17.0 Å². The Bertz CT molecular complexity index is 826. The third-order valence-corrected chi connectivity index (χ3v) is 5.16. The molecule has 4 rings (SSSR count). The first kappa shape index (κ1) is 15.8. The monoisotopic (exact) mass is 337 g/mol. The van der Waals surface area contributed by atoms with Gasteiger partial charge in [-0.2, -0.15) is 0 Å². The maximum absolute atomic E-state index is 12.9. The number of rotatable bonds is 2. The van der Waals surface area contributed by atoms with Gasteiger partial charge in [0, 0.05) is 12.1 Å². The third kappa shape index (κ3) is 2.70. The van der Waals surface area contributed by atoms with Crippen LogP contribution in [0.3, 0.4) is 0 Å². The van der Waals surface area contributed by atoms with Gasteiger partial charge in [-0.25, -0.2) is 4.79 Å². The molecule has 128 valence electrons. The number of nitrogens with zero attached hydrogens (tertiary/aromatic N) is 1. The van der Waals surface area contributed by atoms with E-state index in [1.54, 1.807) is 12.1 Å². The van der Waals surface area contributed by atoms with Crippen LogP contribution in [0.25, 0.3) is 0 Å². The Morgan fingerprint density at radius 3 is 2.52 bits per heavy atom. The van der Waals surface area contributed by atoms with Crippen LogP contribution in [0, 0.1) is 0 Å². The molecular weight excluding hydrogens is 318 g/mol. The second kappa shape index (κ2) is 6.01. The minimum atomic E-state index is -0.994. The quantitative estimate of drug-likeness (QED) is 0.915. The van der Waals surface area contributed by atoms with E-state index in [1.165, 1.54) is 23.3 Å². The third-order valence-electron chi connectivity index (χ3n) is 5.16. The molecule has 5 heteroatoms. The van der Waals surface area contributed by atoms with Crippen molar-refractivity contribution in [1.82, 2.24) is 4.90 Å². The molecule has 2 aromatic rings. The number of aryl methyl sites for hydroxylation is 1. The predicted octanol–water partition coefficient (Wildman–Crippen LogP) is 2.70. The molecule has 2 aliphatic rings. The van der Waals surface area contributed by atoms with Gasteiger partial charge in [0.05, 0.1) is 18.7 Å². The van der Waals surface area contributed by atoms with Crippen molar-refractivity contribution in [3.63, 3.8) is 0 Å². The smallest absolute Gasteiger partial charge is 0.335 e. The molecule has 1 amide bonds. The molecule has 25 heavy (non-hydrogen) atoms. The Kier molecular flexibility index (Phi) is 3.81. The zero-order valence-electron chi connectivity index (χ0n) is 13.8. The van der Waals surface area contributed by atoms with Crippen LogP contribution in [0.5, 0.6) is 0 Å². The molecule has 0 bridgehead atoms. The molecule has 0 radical (unpaired) electrons. The fourth-order valence-electron chi connectivity index (χ4n) is 3.86. The van der Waals surface area contributed by atoms with Crippen LogP contribution in [0.1, 0.15) is 38.3 Å². The fraction of sp³-hybridized carbons (Fsp3) is 0.300. The number of carbonyl (C=O) groups excluding carboxylic acids is 1. The first-order valence-corrected chi connectivity index (χ1v) is 8.44. The van der Waals surface area contributed by atoms with Gasteiger partial charge in [0.2, 0.25) is 0 Å². The summed E-state index contributed by atoms with van der Waals surface area (Å²) in [5.41, 5.74) is 2.76. The van der Waals surface area contributed by atoms with E-state index in [9.17, 15) is 9.59 Å². The van der Waals surface area contributed by atoms with E-state index >= 15 is 0 Å². The molecule has 2 aromatic carbocycles. The van der Waals surface area contributed by atoms with Crippen LogP contribution in [0.2, 0.25) is 0 Å². The highest BCUT2D eigenvalue weighted by Gasteiger charge is 2.44. The molecule has 1 N–H and O–H groups in total. The highest BCUT2D eigenvalue weighted by molar-refractivity contribution is 5.96. The molecule has 1 spiro atoms. The van der Waals surface area contributed by atoms with E-state index in [4.69, 9.17) is 9.84 Å². The van der Waals surface area contributed by atoms with Crippen molar-refractivity contribution in [3.8, 4) is 0 Å². The lowest BCUT2D eigenvalue weighted by Gasteiger charge is -2.41. The Labute approximate surface area is 145 Å². The van der Waals surface area contributed by atoms with Gasteiger partial charge in [0.25, 0.3) is 5.91 Å². The summed E-state index contributed by atoms with van der Waals surface area (Å²) in [4.78, 5) is 25.6. The lowest BCUT2D eigenvalue weighted by molar-refractivity contribution is -0.103. The van der Waals surface area contributed by atoms with Gasteiger partial charge in [0.1, 0.15) is 5.60 Å². The van der Waals surface area contributed by atoms with Crippen LogP contribution in [0.4, 0.5) is 0 Å². The van der Waals surface area contributed by atoms with E-state index in [2.05, 4.69) is 12.1 Å². The Morgan fingerprint density at radius 1 is 1.04 bits per heavy atom. The van der Waals surface area contributed by atoms with E-state index in [0.717, 1.165) is 12.8 Å². The number of fused-ring (bicyclic) bond motifs is 2. The summed E-state index contributed by atoms with van der Waals surface area (Å²) in [5, 5.41) is 8.98. The fourth-order valence-corrected chi connectivity index (χ4v) is 3.86. The number of carboxylic acid groups (broad SMARTS) is 1. The van der Waals surface area contributed by atoms with Gasteiger partial charge in [-0.3, -0.25) is 4.79 Å². The lowest BCUT2D eigenvalue weighted by Crippen LogP contribution is -2.51. The van der Waals surface area contributed by atoms with Gasteiger partial charge in [-0.1, -0.05) is 24.3 Å². The molecule has 1 fully saturated rings. The maximum atomic E-state index is 12.9. The van der Waals surface area contributed by atoms with Gasteiger partial charge in [-0.15, -0.1) is 0 Å². The lowest BCUT2D eigenvalue weighted by atomic mass is 9.93. The zero-order valence-corrected chi connectivity index (χ0v) is 13.8. The van der Waals surface area contributed by atoms with Crippen molar-refractivity contribution in [2.45, 2.75) is 18.4 Å². The number of ether oxygens (including phenoxy) is 1. The van der Waals surface area contributed by atoms with Crippen LogP contribution in [-0.4, -0.2) is 41.6 Å². The van der Waals surface area contributed by atoms with Crippen molar-refractivity contribution in [3.05, 3.63) is 70.8 Å². The van der Waals surface area contributed by atoms with Gasteiger partial charge in [-0.05, 0) is 48.2 Å². The SMILES string of the molecule is O=C(O)c1ccc(C(=O)N2CCO[C@]3(CCc4ccccc43)C2)cc1. The summed E-state index contributed by atoms with van der Waals surface area (Å²) in [6.45, 7) is 1.58. The van der Waals surface area contributed by atoms with Gasteiger partial charge < -0.3 is 14.7 Å². The number of amides is 1. The molecule has 1 aliphatic carbocycles. The van der Waals surface area contributed by atoms with E-state index in [-0.39, 0.29) is 11.5 Å². The maximum Gasteiger partial charge on any atom is 0.335 e. The predicted molar refractivity (Wildman–Crippen MR) is 91.7 cm³/mol. The molecule has 1 heterocycles. The second-order valence-corrected chi connectivity index (χ2v) is 6.61. The molecule has 1 aliphatic heterocycles.